The molecule has 14 heavy (non-hydrogen) atoms. The fourth-order valence-corrected chi connectivity index (χ4v) is 2.07. The Morgan fingerprint density at radius 1 is 1.71 bits per heavy atom. The maximum Gasteiger partial charge on any atom is 0.354 e. The molecule has 1 rings (SSSR count). The minimum absolute atomic E-state index is 0.123. The van der Waals surface area contributed by atoms with E-state index in [1.165, 1.54) is 6.20 Å². The fourth-order valence-electron chi connectivity index (χ4n) is 1.24. The van der Waals surface area contributed by atoms with Crippen molar-refractivity contribution < 1.29 is 9.90 Å². The van der Waals surface area contributed by atoms with Crippen molar-refractivity contribution >= 4 is 17.7 Å². The molecule has 0 bridgehead atoms. The van der Waals surface area contributed by atoms with Gasteiger partial charge in [-0.3, -0.25) is 0 Å². The lowest BCUT2D eigenvalue weighted by Gasteiger charge is -2.12. The van der Waals surface area contributed by atoms with E-state index >= 15 is 0 Å². The summed E-state index contributed by atoms with van der Waals surface area (Å²) in [7, 11) is 0. The Morgan fingerprint density at radius 3 is 2.79 bits per heavy atom. The van der Waals surface area contributed by atoms with E-state index in [-0.39, 0.29) is 11.7 Å². The molecule has 0 saturated heterocycles. The van der Waals surface area contributed by atoms with Gasteiger partial charge in [0, 0.05) is 6.04 Å². The van der Waals surface area contributed by atoms with E-state index in [9.17, 15) is 4.79 Å². The van der Waals surface area contributed by atoms with Gasteiger partial charge >= 0.3 is 5.97 Å². The highest BCUT2D eigenvalue weighted by Crippen LogP contribution is 2.22. The van der Waals surface area contributed by atoms with E-state index in [0.717, 1.165) is 10.9 Å². The van der Waals surface area contributed by atoms with Crippen LogP contribution in [0.1, 0.15) is 37.3 Å². The lowest BCUT2D eigenvalue weighted by Crippen LogP contribution is -2.11. The first-order chi connectivity index (χ1) is 6.57. The van der Waals surface area contributed by atoms with Gasteiger partial charge in [0.05, 0.1) is 6.20 Å². The van der Waals surface area contributed by atoms with Crippen LogP contribution in [0.15, 0.2) is 11.4 Å². The second kappa shape index (κ2) is 4.50. The predicted octanol–water partition coefficient (Wildman–Crippen LogP) is 2.27. The van der Waals surface area contributed by atoms with Gasteiger partial charge in [0.15, 0.2) is 5.16 Å². The number of hydrogen-bond donors (Lipinski definition) is 1. The number of thioether (sulfide) groups is 1. The molecule has 0 saturated carbocycles. The zero-order chi connectivity index (χ0) is 10.7. The van der Waals surface area contributed by atoms with E-state index < -0.39 is 5.97 Å². The van der Waals surface area contributed by atoms with Crippen molar-refractivity contribution in [3.63, 3.8) is 0 Å². The normalized spacial score (nSPS) is 10.9. The summed E-state index contributed by atoms with van der Waals surface area (Å²) in [4.78, 5) is 15.0. The van der Waals surface area contributed by atoms with Crippen molar-refractivity contribution in [1.29, 1.82) is 0 Å². The Balaban J connectivity index is 3.13. The van der Waals surface area contributed by atoms with Crippen molar-refractivity contribution in [1.82, 2.24) is 9.55 Å². The van der Waals surface area contributed by atoms with Gasteiger partial charge in [-0.05, 0) is 19.6 Å². The standard InChI is InChI=1S/C9H14N2O2S/c1-4-14-9-10-5-7(8(12)13)11(9)6(2)3/h5-6H,4H2,1-3H3,(H,12,13). The number of rotatable bonds is 4. The Bertz CT molecular complexity index is 334. The molecule has 1 heterocycles. The molecule has 0 aliphatic carbocycles. The van der Waals surface area contributed by atoms with Gasteiger partial charge < -0.3 is 9.67 Å². The average molecular weight is 214 g/mol. The van der Waals surface area contributed by atoms with Crippen LogP contribution in [0.3, 0.4) is 0 Å². The van der Waals surface area contributed by atoms with Gasteiger partial charge in [-0.1, -0.05) is 18.7 Å². The number of imidazole rings is 1. The number of carboxylic acids is 1. The first-order valence-electron chi connectivity index (χ1n) is 4.51. The van der Waals surface area contributed by atoms with Crippen LogP contribution >= 0.6 is 11.8 Å². The molecule has 0 aromatic carbocycles. The van der Waals surface area contributed by atoms with Crippen LogP contribution in [0.5, 0.6) is 0 Å². The molecule has 0 spiro atoms. The highest BCUT2D eigenvalue weighted by molar-refractivity contribution is 7.99. The molecule has 0 atom stereocenters. The van der Waals surface area contributed by atoms with Crippen molar-refractivity contribution in [2.24, 2.45) is 0 Å². The van der Waals surface area contributed by atoms with Crippen LogP contribution in [-0.2, 0) is 0 Å². The van der Waals surface area contributed by atoms with Gasteiger partial charge in [0.1, 0.15) is 5.69 Å². The van der Waals surface area contributed by atoms with Gasteiger partial charge in [-0.25, -0.2) is 9.78 Å². The summed E-state index contributed by atoms with van der Waals surface area (Å²) in [5.41, 5.74) is 0.260. The Morgan fingerprint density at radius 2 is 2.36 bits per heavy atom. The van der Waals surface area contributed by atoms with Gasteiger partial charge in [-0.2, -0.15) is 0 Å². The molecule has 1 aromatic rings. The minimum atomic E-state index is -0.922. The van der Waals surface area contributed by atoms with Crippen LogP contribution in [0.4, 0.5) is 0 Å². The van der Waals surface area contributed by atoms with Gasteiger partial charge in [0.25, 0.3) is 0 Å². The topological polar surface area (TPSA) is 55.1 Å². The third-order valence-electron chi connectivity index (χ3n) is 1.77. The Labute approximate surface area is 87.3 Å². The number of nitrogens with zero attached hydrogens (tertiary/aromatic N) is 2. The highest BCUT2D eigenvalue weighted by Gasteiger charge is 2.17. The predicted molar refractivity (Wildman–Crippen MR) is 56.0 cm³/mol. The molecule has 78 valence electrons. The van der Waals surface area contributed by atoms with Crippen LogP contribution in [0, 0.1) is 0 Å². The fraction of sp³-hybridized carbons (Fsp3) is 0.556. The number of carbonyl (C=O) groups is 1. The van der Waals surface area contributed by atoms with Crippen LogP contribution in [0.25, 0.3) is 0 Å². The second-order valence-corrected chi connectivity index (χ2v) is 4.36. The molecule has 0 fully saturated rings. The van der Waals surface area contributed by atoms with Crippen molar-refractivity contribution in [3.05, 3.63) is 11.9 Å². The number of aromatic nitrogens is 2. The van der Waals surface area contributed by atoms with E-state index in [4.69, 9.17) is 5.11 Å². The summed E-state index contributed by atoms with van der Waals surface area (Å²) in [6.45, 7) is 5.92. The lowest BCUT2D eigenvalue weighted by molar-refractivity contribution is 0.0682. The Kier molecular flexibility index (Phi) is 3.57. The zero-order valence-corrected chi connectivity index (χ0v) is 9.34. The maximum atomic E-state index is 10.9. The molecule has 5 heteroatoms. The monoisotopic (exact) mass is 214 g/mol. The molecule has 4 nitrogen and oxygen atoms in total. The summed E-state index contributed by atoms with van der Waals surface area (Å²) >= 11 is 1.56. The third kappa shape index (κ3) is 2.09. The van der Waals surface area contributed by atoms with E-state index in [1.807, 2.05) is 20.8 Å². The molecule has 0 aliphatic rings. The SMILES string of the molecule is CCSc1ncc(C(=O)O)n1C(C)C. The summed E-state index contributed by atoms with van der Waals surface area (Å²) in [5, 5.41) is 9.70. The summed E-state index contributed by atoms with van der Waals surface area (Å²) in [5.74, 6) is -0.0304. The van der Waals surface area contributed by atoms with Gasteiger partial charge in [0.2, 0.25) is 0 Å². The second-order valence-electron chi connectivity index (χ2n) is 3.13. The maximum absolute atomic E-state index is 10.9. The molecule has 0 unspecified atom stereocenters. The minimum Gasteiger partial charge on any atom is -0.477 e. The Hall–Kier alpha value is -0.970. The largest absolute Gasteiger partial charge is 0.477 e. The van der Waals surface area contributed by atoms with Crippen molar-refractivity contribution in [2.75, 3.05) is 5.75 Å². The molecule has 1 N–H and O–H groups in total. The highest BCUT2D eigenvalue weighted by atomic mass is 32.2. The zero-order valence-electron chi connectivity index (χ0n) is 8.52. The van der Waals surface area contributed by atoms with E-state index in [0.29, 0.717) is 0 Å². The summed E-state index contributed by atoms with van der Waals surface area (Å²) in [6, 6.07) is 0.123. The van der Waals surface area contributed by atoms with Gasteiger partial charge in [-0.15, -0.1) is 0 Å². The molecular weight excluding hydrogens is 200 g/mol. The van der Waals surface area contributed by atoms with Crippen LogP contribution in [-0.4, -0.2) is 26.4 Å². The molecule has 0 radical (unpaired) electrons. The summed E-state index contributed by atoms with van der Waals surface area (Å²) < 4.78 is 1.75. The first-order valence-corrected chi connectivity index (χ1v) is 5.49. The molecule has 0 amide bonds. The van der Waals surface area contributed by atoms with Crippen molar-refractivity contribution in [3.8, 4) is 0 Å². The number of aromatic carboxylic acids is 1. The quantitative estimate of drug-likeness (QED) is 0.781. The molecule has 0 aliphatic heterocycles. The molecule has 1 aromatic heterocycles. The van der Waals surface area contributed by atoms with E-state index in [1.54, 1.807) is 16.3 Å². The first kappa shape index (κ1) is 11.1. The number of hydrogen-bond acceptors (Lipinski definition) is 3. The van der Waals surface area contributed by atoms with E-state index in [2.05, 4.69) is 4.98 Å². The third-order valence-corrected chi connectivity index (χ3v) is 2.62. The van der Waals surface area contributed by atoms with Crippen LogP contribution in [0.2, 0.25) is 0 Å². The number of carboxylic acid groups (broad SMARTS) is 1. The van der Waals surface area contributed by atoms with Crippen molar-refractivity contribution in [2.45, 2.75) is 32.0 Å². The van der Waals surface area contributed by atoms with Crippen LogP contribution < -0.4 is 0 Å². The molecular formula is C9H14N2O2S. The lowest BCUT2D eigenvalue weighted by atomic mass is 10.3. The average Bonchev–Trinajstić information content (AvgIpc) is 2.48. The summed E-state index contributed by atoms with van der Waals surface area (Å²) in [6.07, 6.45) is 1.42. The smallest absolute Gasteiger partial charge is 0.354 e.